The van der Waals surface area contributed by atoms with Gasteiger partial charge in [-0.3, -0.25) is 19.7 Å². The smallest absolute Gasteiger partial charge is 0.253 e. The maximum Gasteiger partial charge on any atom is 0.253 e. The maximum absolute atomic E-state index is 14.8. The zero-order chi connectivity index (χ0) is 33.7. The Labute approximate surface area is 274 Å². The molecule has 1 aliphatic heterocycles. The van der Waals surface area contributed by atoms with Gasteiger partial charge in [-0.2, -0.15) is 5.10 Å². The number of amides is 1. The molecule has 1 aliphatic rings. The van der Waals surface area contributed by atoms with Crippen LogP contribution in [0, 0.1) is 17.5 Å². The normalized spacial score (nSPS) is 15.8. The standard InChI is InChI=1S/C35H33F3N8O2/c36-26-4-1-24(2-5-26)33-32(23-9-13-40-14-10-23)31-8-3-25(18-46(31)44-33)34(47)43-28-11-15-45(16-12-28)20-35(48,19-41-22-42-21-39)29-7-6-27(37)17-30(29)38/h1-10,13-14,17-18,21-22,28,48H,11-12,15-16,19-20H2,(H,43,47)(H2,39,41,42). The lowest BCUT2D eigenvalue weighted by Crippen LogP contribution is -2.50. The molecule has 4 N–H and O–H groups in total. The fraction of sp³-hybridized carbons (Fsp3) is 0.229. The first kappa shape index (κ1) is 32.5. The van der Waals surface area contributed by atoms with Crippen molar-refractivity contribution in [3.8, 4) is 22.4 Å². The van der Waals surface area contributed by atoms with Crippen LogP contribution in [0.3, 0.4) is 0 Å². The molecule has 2 aromatic carbocycles. The summed E-state index contributed by atoms with van der Waals surface area (Å²) in [5, 5.41) is 19.4. The number of nitrogens with one attached hydrogen (secondary N) is 1. The highest BCUT2D eigenvalue weighted by atomic mass is 19.1. The summed E-state index contributed by atoms with van der Waals surface area (Å²) in [6.45, 7) is 0.835. The Hall–Kier alpha value is -5.40. The summed E-state index contributed by atoms with van der Waals surface area (Å²) in [7, 11) is 0. The molecule has 6 rings (SSSR count). The molecule has 1 fully saturated rings. The molecule has 1 amide bonds. The van der Waals surface area contributed by atoms with Crippen LogP contribution in [-0.2, 0) is 5.60 Å². The number of halogens is 3. The molecule has 0 bridgehead atoms. The minimum absolute atomic E-state index is 0.0338. The molecule has 1 unspecified atom stereocenters. The van der Waals surface area contributed by atoms with Crippen LogP contribution in [0.5, 0.6) is 0 Å². The topological polar surface area (TPSA) is 134 Å². The van der Waals surface area contributed by atoms with E-state index < -0.39 is 17.2 Å². The molecule has 0 saturated carbocycles. The lowest BCUT2D eigenvalue weighted by atomic mass is 9.91. The molecular formula is C35H33F3N8O2. The van der Waals surface area contributed by atoms with Crippen LogP contribution in [-0.4, -0.2) is 75.4 Å². The van der Waals surface area contributed by atoms with Gasteiger partial charge >= 0.3 is 0 Å². The number of rotatable bonds is 10. The van der Waals surface area contributed by atoms with Crippen LogP contribution >= 0.6 is 0 Å². The largest absolute Gasteiger partial charge is 0.390 e. The summed E-state index contributed by atoms with van der Waals surface area (Å²) in [6.07, 6.45) is 8.42. The zero-order valence-electron chi connectivity index (χ0n) is 25.8. The van der Waals surface area contributed by atoms with Gasteiger partial charge in [0.15, 0.2) is 0 Å². The van der Waals surface area contributed by atoms with Crippen LogP contribution < -0.4 is 11.1 Å². The number of hydrogen-bond acceptors (Lipinski definition) is 6. The van der Waals surface area contributed by atoms with Gasteiger partial charge in [0.2, 0.25) is 0 Å². The van der Waals surface area contributed by atoms with Crippen molar-refractivity contribution in [3.05, 3.63) is 114 Å². The lowest BCUT2D eigenvalue weighted by molar-refractivity contribution is -0.00271. The van der Waals surface area contributed by atoms with E-state index in [9.17, 15) is 23.1 Å². The van der Waals surface area contributed by atoms with E-state index in [0.717, 1.165) is 47.0 Å². The van der Waals surface area contributed by atoms with Crippen LogP contribution in [0.25, 0.3) is 27.9 Å². The predicted molar refractivity (Wildman–Crippen MR) is 177 cm³/mol. The van der Waals surface area contributed by atoms with E-state index in [1.165, 1.54) is 18.2 Å². The van der Waals surface area contributed by atoms with Gasteiger partial charge in [-0.15, -0.1) is 0 Å². The highest BCUT2D eigenvalue weighted by molar-refractivity contribution is 5.96. The fourth-order valence-electron chi connectivity index (χ4n) is 6.04. The van der Waals surface area contributed by atoms with Crippen molar-refractivity contribution in [1.29, 1.82) is 0 Å². The van der Waals surface area contributed by atoms with Crippen molar-refractivity contribution in [2.24, 2.45) is 15.7 Å². The Morgan fingerprint density at radius 3 is 2.44 bits per heavy atom. The third-order valence-corrected chi connectivity index (χ3v) is 8.41. The van der Waals surface area contributed by atoms with Crippen LogP contribution in [0.15, 0.2) is 95.3 Å². The molecule has 0 spiro atoms. The summed E-state index contributed by atoms with van der Waals surface area (Å²) in [4.78, 5) is 27.2. The molecule has 48 heavy (non-hydrogen) atoms. The number of benzene rings is 2. The van der Waals surface area contributed by atoms with Gasteiger partial charge in [0.05, 0.1) is 24.0 Å². The van der Waals surface area contributed by atoms with E-state index in [1.807, 2.05) is 23.1 Å². The summed E-state index contributed by atoms with van der Waals surface area (Å²) in [5.41, 5.74) is 7.69. The number of aliphatic imine (C=N–C) groups is 2. The Morgan fingerprint density at radius 1 is 1.00 bits per heavy atom. The molecule has 1 atom stereocenters. The average molecular weight is 655 g/mol. The van der Waals surface area contributed by atoms with E-state index in [4.69, 9.17) is 10.8 Å². The molecule has 13 heteroatoms. The molecule has 1 saturated heterocycles. The summed E-state index contributed by atoms with van der Waals surface area (Å²) >= 11 is 0. The minimum atomic E-state index is -1.75. The number of carbonyl (C=O) groups is 1. The Bertz CT molecular complexity index is 1960. The quantitative estimate of drug-likeness (QED) is 0.149. The van der Waals surface area contributed by atoms with Crippen LogP contribution in [0.2, 0.25) is 0 Å². The monoisotopic (exact) mass is 654 g/mol. The van der Waals surface area contributed by atoms with Crippen molar-refractivity contribution in [1.82, 2.24) is 24.8 Å². The highest BCUT2D eigenvalue weighted by Crippen LogP contribution is 2.35. The van der Waals surface area contributed by atoms with Crippen LogP contribution in [0.1, 0.15) is 28.8 Å². The number of hydrogen-bond donors (Lipinski definition) is 3. The summed E-state index contributed by atoms with van der Waals surface area (Å²) in [5.74, 6) is -2.23. The second-order valence-electron chi connectivity index (χ2n) is 11.6. The second kappa shape index (κ2) is 14.2. The number of aromatic nitrogens is 3. The van der Waals surface area contributed by atoms with E-state index in [0.29, 0.717) is 37.2 Å². The first-order valence-electron chi connectivity index (χ1n) is 15.4. The van der Waals surface area contributed by atoms with Crippen LogP contribution in [0.4, 0.5) is 13.2 Å². The van der Waals surface area contributed by atoms with Crippen molar-refractivity contribution in [2.75, 3.05) is 26.2 Å². The summed E-state index contributed by atoms with van der Waals surface area (Å²) in [6, 6.07) is 16.3. The minimum Gasteiger partial charge on any atom is -0.390 e. The molecule has 5 aromatic rings. The van der Waals surface area contributed by atoms with Gasteiger partial charge in [-0.05, 0) is 73.0 Å². The average Bonchev–Trinajstić information content (AvgIpc) is 3.47. The highest BCUT2D eigenvalue weighted by Gasteiger charge is 2.36. The number of β-amino-alcohol motifs (C(OH)–C–C–N with tert-alkyl or cyclic N) is 1. The van der Waals surface area contributed by atoms with Gasteiger partial charge in [-0.25, -0.2) is 22.7 Å². The van der Waals surface area contributed by atoms with Crippen molar-refractivity contribution >= 4 is 24.1 Å². The molecule has 3 aromatic heterocycles. The van der Waals surface area contributed by atoms with E-state index >= 15 is 0 Å². The van der Waals surface area contributed by atoms with Crippen molar-refractivity contribution in [3.63, 3.8) is 0 Å². The molecule has 0 radical (unpaired) electrons. The van der Waals surface area contributed by atoms with Gasteiger partial charge in [0, 0.05) is 67.0 Å². The number of carbonyl (C=O) groups excluding carboxylic acids is 1. The molecule has 4 heterocycles. The number of nitrogens with two attached hydrogens (primary N) is 1. The Morgan fingerprint density at radius 2 is 1.73 bits per heavy atom. The lowest BCUT2D eigenvalue weighted by Gasteiger charge is -2.38. The third kappa shape index (κ3) is 7.11. The maximum atomic E-state index is 14.8. The third-order valence-electron chi connectivity index (χ3n) is 8.41. The number of aliphatic hydroxyl groups is 1. The molecule has 0 aliphatic carbocycles. The fourth-order valence-corrected chi connectivity index (χ4v) is 6.04. The number of pyridine rings is 2. The van der Waals surface area contributed by atoms with E-state index in [-0.39, 0.29) is 36.4 Å². The molecule has 10 nitrogen and oxygen atoms in total. The number of likely N-dealkylation sites (tertiary alicyclic amines) is 1. The van der Waals surface area contributed by atoms with Gasteiger partial charge in [-0.1, -0.05) is 6.07 Å². The number of nitrogens with zero attached hydrogens (tertiary/aromatic N) is 6. The Kier molecular flexibility index (Phi) is 9.60. The van der Waals surface area contributed by atoms with Crippen molar-refractivity contribution < 1.29 is 23.1 Å². The predicted octanol–water partition coefficient (Wildman–Crippen LogP) is 4.58. The van der Waals surface area contributed by atoms with E-state index in [1.54, 1.807) is 41.3 Å². The van der Waals surface area contributed by atoms with Crippen molar-refractivity contribution in [2.45, 2.75) is 24.5 Å². The number of piperidine rings is 1. The van der Waals surface area contributed by atoms with Gasteiger partial charge < -0.3 is 16.2 Å². The number of fused-ring (bicyclic) bond motifs is 1. The molecule has 246 valence electrons. The zero-order valence-corrected chi connectivity index (χ0v) is 25.8. The van der Waals surface area contributed by atoms with E-state index in [2.05, 4.69) is 20.3 Å². The van der Waals surface area contributed by atoms with Gasteiger partial charge in [0.25, 0.3) is 5.91 Å². The second-order valence-corrected chi connectivity index (χ2v) is 11.6. The first-order valence-corrected chi connectivity index (χ1v) is 15.4. The van der Waals surface area contributed by atoms with Gasteiger partial charge in [0.1, 0.15) is 35.1 Å². The summed E-state index contributed by atoms with van der Waals surface area (Å²) < 4.78 is 43.7. The molecular weight excluding hydrogens is 621 g/mol. The first-order chi connectivity index (χ1) is 23.2. The SMILES string of the molecule is NC=NC=NCC(O)(CN1CCC(NC(=O)c2ccc3c(-c4ccncc4)c(-c4ccc(F)cc4)nn3c2)CC1)c1ccc(F)cc1F. The Balaban J connectivity index is 1.16.